The molecule has 0 aliphatic carbocycles. The molecule has 0 N–H and O–H groups in total. The van der Waals surface area contributed by atoms with Crippen LogP contribution in [-0.4, -0.2) is 38.7 Å². The minimum Gasteiger partial charge on any atom is -0.493 e. The molecule has 7 heteroatoms. The van der Waals surface area contributed by atoms with E-state index in [1.165, 1.54) is 0 Å². The van der Waals surface area contributed by atoms with Crippen molar-refractivity contribution >= 4 is 5.97 Å². The number of aromatic nitrogens is 4. The third kappa shape index (κ3) is 2.77. The first-order valence-corrected chi connectivity index (χ1v) is 8.18. The Hall–Kier alpha value is -3.09. The quantitative estimate of drug-likeness (QED) is 0.683. The lowest BCUT2D eigenvalue weighted by Gasteiger charge is -2.08. The van der Waals surface area contributed by atoms with Gasteiger partial charge in [-0.05, 0) is 36.8 Å². The summed E-state index contributed by atoms with van der Waals surface area (Å²) in [5, 5.41) is 8.69. The molecule has 0 amide bonds. The van der Waals surface area contributed by atoms with Gasteiger partial charge in [0.05, 0.1) is 30.8 Å². The van der Waals surface area contributed by atoms with Crippen molar-refractivity contribution in [2.75, 3.05) is 13.2 Å². The predicted molar refractivity (Wildman–Crippen MR) is 90.9 cm³/mol. The van der Waals surface area contributed by atoms with Crippen molar-refractivity contribution in [2.24, 2.45) is 7.05 Å². The first-order valence-electron chi connectivity index (χ1n) is 8.18. The number of hydrogen-bond acceptors (Lipinski definition) is 5. The summed E-state index contributed by atoms with van der Waals surface area (Å²) in [6, 6.07) is 7.66. The zero-order chi connectivity index (χ0) is 17.4. The predicted octanol–water partition coefficient (Wildman–Crippen LogP) is 2.38. The largest absolute Gasteiger partial charge is 0.493 e. The fourth-order valence-electron chi connectivity index (χ4n) is 2.95. The molecule has 0 spiro atoms. The van der Waals surface area contributed by atoms with Gasteiger partial charge in [-0.2, -0.15) is 10.2 Å². The van der Waals surface area contributed by atoms with E-state index in [9.17, 15) is 4.79 Å². The van der Waals surface area contributed by atoms with Crippen LogP contribution < -0.4 is 4.74 Å². The highest BCUT2D eigenvalue weighted by Gasteiger charge is 2.20. The fraction of sp³-hybridized carbons (Fsp3) is 0.278. The van der Waals surface area contributed by atoms with Crippen LogP contribution >= 0.6 is 0 Å². The molecule has 1 aliphatic rings. The molecule has 3 heterocycles. The van der Waals surface area contributed by atoms with Crippen LogP contribution in [0.1, 0.15) is 23.0 Å². The molecule has 25 heavy (non-hydrogen) atoms. The fourth-order valence-corrected chi connectivity index (χ4v) is 2.95. The zero-order valence-electron chi connectivity index (χ0n) is 14.1. The molecular formula is C18H18N4O3. The van der Waals surface area contributed by atoms with Crippen LogP contribution in [0.15, 0.2) is 36.7 Å². The minimum absolute atomic E-state index is 0.275. The Labute approximate surface area is 144 Å². The van der Waals surface area contributed by atoms with Crippen LogP contribution in [0.3, 0.4) is 0 Å². The number of benzene rings is 1. The molecule has 0 bridgehead atoms. The Balaban J connectivity index is 1.83. The van der Waals surface area contributed by atoms with Crippen molar-refractivity contribution in [3.8, 4) is 22.7 Å². The molecule has 1 aliphatic heterocycles. The second-order valence-electron chi connectivity index (χ2n) is 5.84. The third-order valence-electron chi connectivity index (χ3n) is 4.11. The van der Waals surface area contributed by atoms with Gasteiger partial charge in [-0.15, -0.1) is 0 Å². The summed E-state index contributed by atoms with van der Waals surface area (Å²) in [5.74, 6) is 0.473. The molecular weight excluding hydrogens is 320 g/mol. The Morgan fingerprint density at radius 1 is 1.36 bits per heavy atom. The van der Waals surface area contributed by atoms with E-state index in [0.29, 0.717) is 13.2 Å². The minimum atomic E-state index is -0.434. The van der Waals surface area contributed by atoms with E-state index >= 15 is 0 Å². The van der Waals surface area contributed by atoms with E-state index in [2.05, 4.69) is 10.2 Å². The highest BCUT2D eigenvalue weighted by atomic mass is 16.5. The molecule has 0 atom stereocenters. The number of hydrogen-bond donors (Lipinski definition) is 0. The molecule has 3 aromatic rings. The lowest BCUT2D eigenvalue weighted by Crippen LogP contribution is -2.07. The van der Waals surface area contributed by atoms with Crippen LogP contribution in [0.25, 0.3) is 16.9 Å². The van der Waals surface area contributed by atoms with Gasteiger partial charge >= 0.3 is 5.97 Å². The maximum absolute atomic E-state index is 12.1. The van der Waals surface area contributed by atoms with Crippen LogP contribution in [0.2, 0.25) is 0 Å². The topological polar surface area (TPSA) is 71.2 Å². The number of rotatable bonds is 4. The average molecular weight is 338 g/mol. The summed E-state index contributed by atoms with van der Waals surface area (Å²) in [5.41, 5.74) is 3.95. The summed E-state index contributed by atoms with van der Waals surface area (Å²) in [6.07, 6.45) is 4.51. The first-order chi connectivity index (χ1) is 12.2. The zero-order valence-corrected chi connectivity index (χ0v) is 14.1. The van der Waals surface area contributed by atoms with Gasteiger partial charge in [0, 0.05) is 25.2 Å². The summed E-state index contributed by atoms with van der Waals surface area (Å²) in [7, 11) is 1.85. The van der Waals surface area contributed by atoms with Gasteiger partial charge in [0.1, 0.15) is 5.75 Å². The van der Waals surface area contributed by atoms with Crippen LogP contribution in [0.4, 0.5) is 0 Å². The second-order valence-corrected chi connectivity index (χ2v) is 5.84. The molecule has 0 fully saturated rings. The average Bonchev–Trinajstić information content (AvgIpc) is 3.32. The van der Waals surface area contributed by atoms with Crippen molar-refractivity contribution < 1.29 is 14.3 Å². The van der Waals surface area contributed by atoms with Gasteiger partial charge in [0.2, 0.25) is 0 Å². The highest BCUT2D eigenvalue weighted by molar-refractivity contribution is 5.89. The van der Waals surface area contributed by atoms with Crippen LogP contribution in [-0.2, 0) is 18.2 Å². The molecule has 4 rings (SSSR count). The number of aryl methyl sites for hydroxylation is 1. The molecule has 0 saturated carbocycles. The number of esters is 1. The molecule has 0 saturated heterocycles. The molecule has 128 valence electrons. The summed E-state index contributed by atoms with van der Waals surface area (Å²) in [4.78, 5) is 12.1. The first kappa shape index (κ1) is 15.4. The normalized spacial score (nSPS) is 12.7. The van der Waals surface area contributed by atoms with Gasteiger partial charge < -0.3 is 9.47 Å². The van der Waals surface area contributed by atoms with E-state index < -0.39 is 5.97 Å². The van der Waals surface area contributed by atoms with Crippen molar-refractivity contribution in [3.05, 3.63) is 47.9 Å². The maximum atomic E-state index is 12.1. The van der Waals surface area contributed by atoms with E-state index in [4.69, 9.17) is 9.47 Å². The smallest absolute Gasteiger partial charge is 0.358 e. The standard InChI is InChI=1S/C18H18N4O3/c1-3-24-18(23)15-9-16(13-10-19-21(2)11-13)22(20-15)14-4-5-17-12(8-14)6-7-25-17/h4-5,8-11H,3,6-7H2,1-2H3. The van der Waals surface area contributed by atoms with Crippen molar-refractivity contribution in [2.45, 2.75) is 13.3 Å². The van der Waals surface area contributed by atoms with Gasteiger partial charge in [-0.1, -0.05) is 0 Å². The van der Waals surface area contributed by atoms with E-state index in [0.717, 1.165) is 34.7 Å². The lowest BCUT2D eigenvalue weighted by atomic mass is 10.1. The van der Waals surface area contributed by atoms with Gasteiger partial charge in [-0.3, -0.25) is 4.68 Å². The number of ether oxygens (including phenoxy) is 2. The van der Waals surface area contributed by atoms with Gasteiger partial charge in [-0.25, -0.2) is 9.48 Å². The van der Waals surface area contributed by atoms with Crippen LogP contribution in [0, 0.1) is 0 Å². The maximum Gasteiger partial charge on any atom is 0.358 e. The Morgan fingerprint density at radius 3 is 3.00 bits per heavy atom. The number of carbonyl (C=O) groups excluding carboxylic acids is 1. The number of nitrogens with zero attached hydrogens (tertiary/aromatic N) is 4. The number of fused-ring (bicyclic) bond motifs is 1. The van der Waals surface area contributed by atoms with Gasteiger partial charge in [0.15, 0.2) is 5.69 Å². The van der Waals surface area contributed by atoms with Gasteiger partial charge in [0.25, 0.3) is 0 Å². The molecule has 0 unspecified atom stereocenters. The molecule has 7 nitrogen and oxygen atoms in total. The Bertz CT molecular complexity index is 942. The SMILES string of the molecule is CCOC(=O)c1cc(-c2cnn(C)c2)n(-c2ccc3c(c2)CCO3)n1. The lowest BCUT2D eigenvalue weighted by molar-refractivity contribution is 0.0519. The summed E-state index contributed by atoms with van der Waals surface area (Å²) < 4.78 is 14.1. The monoisotopic (exact) mass is 338 g/mol. The second kappa shape index (κ2) is 6.08. The summed E-state index contributed by atoms with van der Waals surface area (Å²) in [6.45, 7) is 2.78. The number of carbonyl (C=O) groups is 1. The Kier molecular flexibility index (Phi) is 3.76. The Morgan fingerprint density at radius 2 is 2.24 bits per heavy atom. The molecule has 2 aromatic heterocycles. The molecule has 1 aromatic carbocycles. The van der Waals surface area contributed by atoms with Crippen molar-refractivity contribution in [1.29, 1.82) is 0 Å². The highest BCUT2D eigenvalue weighted by Crippen LogP contribution is 2.30. The van der Waals surface area contributed by atoms with Crippen molar-refractivity contribution in [1.82, 2.24) is 19.6 Å². The van der Waals surface area contributed by atoms with Crippen LogP contribution in [0.5, 0.6) is 5.75 Å². The van der Waals surface area contributed by atoms with E-state index in [1.807, 2.05) is 31.4 Å². The van der Waals surface area contributed by atoms with Crippen molar-refractivity contribution in [3.63, 3.8) is 0 Å². The van der Waals surface area contributed by atoms with E-state index in [1.54, 1.807) is 28.6 Å². The molecule has 0 radical (unpaired) electrons. The third-order valence-corrected chi connectivity index (χ3v) is 4.11. The van der Waals surface area contributed by atoms with E-state index in [-0.39, 0.29) is 5.69 Å². The summed E-state index contributed by atoms with van der Waals surface area (Å²) >= 11 is 0.